The Morgan fingerprint density at radius 2 is 1.78 bits per heavy atom. The molecule has 0 fully saturated rings. The Kier molecular flexibility index (Phi) is 8.74. The number of rotatable bonds is 8. The second-order valence-electron chi connectivity index (χ2n) is 8.46. The highest BCUT2D eigenvalue weighted by Crippen LogP contribution is 2.37. The van der Waals surface area contributed by atoms with Crippen LogP contribution in [0.25, 0.3) is 23.1 Å². The lowest BCUT2D eigenvalue weighted by molar-refractivity contribution is -0.147. The van der Waals surface area contributed by atoms with Crippen LogP contribution in [0, 0.1) is 0 Å². The number of benzene rings is 3. The van der Waals surface area contributed by atoms with E-state index in [1.165, 1.54) is 14.0 Å². The maximum Gasteiger partial charge on any atom is 0.338 e. The molecule has 0 amide bonds. The van der Waals surface area contributed by atoms with Gasteiger partial charge >= 0.3 is 11.9 Å². The summed E-state index contributed by atoms with van der Waals surface area (Å²) in [6.07, 6.45) is 3.79. The Morgan fingerprint density at radius 1 is 1.00 bits per heavy atom. The van der Waals surface area contributed by atoms with Crippen molar-refractivity contribution in [2.75, 3.05) is 7.11 Å². The number of carbonyl (C=O) groups excluding carboxylic acids is 2. The molecule has 0 radical (unpaired) electrons. The average Bonchev–Trinajstić information content (AvgIpc) is 2.90. The molecule has 0 saturated carbocycles. The maximum atomic E-state index is 12.2. The number of methoxy groups -OCH3 is 1. The van der Waals surface area contributed by atoms with Crippen LogP contribution in [0.2, 0.25) is 5.02 Å². The third-order valence-corrected chi connectivity index (χ3v) is 6.94. The molecule has 4 rings (SSSR count). The van der Waals surface area contributed by atoms with Crippen LogP contribution in [0.1, 0.15) is 57.0 Å². The molecule has 0 N–H and O–H groups in total. The predicted octanol–water partition coefficient (Wildman–Crippen LogP) is 7.98. The van der Waals surface area contributed by atoms with E-state index in [-0.39, 0.29) is 10.8 Å². The van der Waals surface area contributed by atoms with Crippen LogP contribution in [-0.2, 0) is 14.3 Å². The van der Waals surface area contributed by atoms with Crippen molar-refractivity contribution in [2.45, 2.75) is 24.3 Å². The number of esters is 2. The van der Waals surface area contributed by atoms with Crippen molar-refractivity contribution in [3.05, 3.63) is 112 Å². The number of aromatic nitrogens is 1. The molecule has 7 heteroatoms. The molecule has 0 aliphatic carbocycles. The van der Waals surface area contributed by atoms with Crippen molar-refractivity contribution >= 4 is 62.5 Å². The minimum atomic E-state index is -0.526. The van der Waals surface area contributed by atoms with Crippen molar-refractivity contribution < 1.29 is 19.1 Å². The third-order valence-electron chi connectivity index (χ3n) is 5.84. The number of alkyl halides is 1. The van der Waals surface area contributed by atoms with Gasteiger partial charge in [0.1, 0.15) is 6.10 Å². The van der Waals surface area contributed by atoms with E-state index < -0.39 is 12.1 Å². The zero-order chi connectivity index (χ0) is 26.4. The minimum absolute atomic E-state index is 0.250. The molecule has 0 saturated heterocycles. The first-order valence-electron chi connectivity index (χ1n) is 11.7. The van der Waals surface area contributed by atoms with Crippen LogP contribution in [0.15, 0.2) is 78.9 Å². The molecule has 0 unspecified atom stereocenters. The van der Waals surface area contributed by atoms with E-state index in [0.29, 0.717) is 17.0 Å². The number of fused-ring (bicyclic) bond motifs is 1. The van der Waals surface area contributed by atoms with Gasteiger partial charge < -0.3 is 9.47 Å². The summed E-state index contributed by atoms with van der Waals surface area (Å²) in [5.41, 5.74) is 4.64. The van der Waals surface area contributed by atoms with E-state index in [0.717, 1.165) is 33.3 Å². The molecular weight excluding hydrogens is 554 g/mol. The quantitative estimate of drug-likeness (QED) is 0.157. The fourth-order valence-corrected chi connectivity index (χ4v) is 4.98. The average molecular weight is 579 g/mol. The van der Waals surface area contributed by atoms with Gasteiger partial charge in [-0.3, -0.25) is 4.79 Å². The molecular formula is C30H25BrClNO4. The summed E-state index contributed by atoms with van der Waals surface area (Å²) in [6, 6.07) is 24.6. The van der Waals surface area contributed by atoms with E-state index in [4.69, 9.17) is 21.1 Å². The largest absolute Gasteiger partial charge is 0.465 e. The Hall–Kier alpha value is -3.48. The van der Waals surface area contributed by atoms with Crippen LogP contribution < -0.4 is 0 Å². The van der Waals surface area contributed by atoms with Gasteiger partial charge in [-0.05, 0) is 53.1 Å². The monoisotopic (exact) mass is 577 g/mol. The zero-order valence-electron chi connectivity index (χ0n) is 20.4. The second-order valence-corrected chi connectivity index (χ2v) is 10.00. The SMILES string of the molecule is COC(=O)c1ccccc1[C@@H](Br)C[C@@H](OC(C)=O)c1cccc(/C=C/c2ccc3ccc(Cl)cc3n2)c1. The minimum Gasteiger partial charge on any atom is -0.465 e. The highest BCUT2D eigenvalue weighted by atomic mass is 79.9. The van der Waals surface area contributed by atoms with Gasteiger partial charge in [0.15, 0.2) is 0 Å². The number of pyridine rings is 1. The van der Waals surface area contributed by atoms with Gasteiger partial charge in [-0.25, -0.2) is 9.78 Å². The molecule has 2 atom stereocenters. The van der Waals surface area contributed by atoms with Crippen LogP contribution in [0.3, 0.4) is 0 Å². The first-order valence-corrected chi connectivity index (χ1v) is 13.0. The van der Waals surface area contributed by atoms with E-state index in [1.54, 1.807) is 12.1 Å². The first-order chi connectivity index (χ1) is 17.8. The smallest absolute Gasteiger partial charge is 0.338 e. The van der Waals surface area contributed by atoms with E-state index in [9.17, 15) is 9.59 Å². The Labute approximate surface area is 229 Å². The van der Waals surface area contributed by atoms with Crippen LogP contribution in [0.4, 0.5) is 0 Å². The standard InChI is InChI=1S/C30H25BrClNO4/c1-19(34)37-29(18-27(31)25-8-3-4-9-26(25)30(35)36-2)22-7-5-6-20(16-22)10-14-24-15-12-21-11-13-23(32)17-28(21)33-24/h3-17,27,29H,18H2,1-2H3/b14-10+/t27-,29+/m0/s1. The second kappa shape index (κ2) is 12.2. The summed E-state index contributed by atoms with van der Waals surface area (Å²) in [5, 5.41) is 1.66. The molecule has 0 aliphatic heterocycles. The summed E-state index contributed by atoms with van der Waals surface area (Å²) in [4.78, 5) is 28.6. The van der Waals surface area contributed by atoms with E-state index in [2.05, 4.69) is 20.9 Å². The van der Waals surface area contributed by atoms with Crippen LogP contribution >= 0.6 is 27.5 Å². The normalized spacial score (nSPS) is 12.9. The Morgan fingerprint density at radius 3 is 2.57 bits per heavy atom. The molecule has 3 aromatic carbocycles. The molecule has 0 aliphatic rings. The number of halogens is 2. The maximum absolute atomic E-state index is 12.2. The third kappa shape index (κ3) is 6.85. The first kappa shape index (κ1) is 26.6. The summed E-state index contributed by atoms with van der Waals surface area (Å²) in [7, 11) is 1.35. The highest BCUT2D eigenvalue weighted by molar-refractivity contribution is 9.09. The van der Waals surface area contributed by atoms with Gasteiger partial charge in [-0.1, -0.05) is 82.1 Å². The van der Waals surface area contributed by atoms with Crippen molar-refractivity contribution in [3.8, 4) is 0 Å². The Balaban J connectivity index is 1.58. The van der Waals surface area contributed by atoms with Crippen molar-refractivity contribution in [1.82, 2.24) is 4.98 Å². The predicted molar refractivity (Wildman–Crippen MR) is 151 cm³/mol. The summed E-state index contributed by atoms with van der Waals surface area (Å²) < 4.78 is 10.6. The Bertz CT molecular complexity index is 1470. The summed E-state index contributed by atoms with van der Waals surface area (Å²) in [5.74, 6) is -0.799. The summed E-state index contributed by atoms with van der Waals surface area (Å²) >= 11 is 9.81. The van der Waals surface area contributed by atoms with Gasteiger partial charge in [0.05, 0.1) is 23.9 Å². The van der Waals surface area contributed by atoms with Crippen LogP contribution in [0.5, 0.6) is 0 Å². The lowest BCUT2D eigenvalue weighted by Gasteiger charge is -2.22. The topological polar surface area (TPSA) is 65.5 Å². The fourth-order valence-electron chi connectivity index (χ4n) is 4.08. The molecule has 37 heavy (non-hydrogen) atoms. The van der Waals surface area contributed by atoms with Gasteiger partial charge in [-0.15, -0.1) is 0 Å². The number of nitrogens with zero attached hydrogens (tertiary/aromatic N) is 1. The molecule has 0 spiro atoms. The van der Waals surface area contributed by atoms with Gasteiger partial charge in [0, 0.05) is 28.6 Å². The molecule has 4 aromatic rings. The van der Waals surface area contributed by atoms with Crippen molar-refractivity contribution in [1.29, 1.82) is 0 Å². The van der Waals surface area contributed by atoms with Gasteiger partial charge in [0.2, 0.25) is 0 Å². The highest BCUT2D eigenvalue weighted by Gasteiger charge is 2.24. The van der Waals surface area contributed by atoms with E-state index in [1.807, 2.05) is 78.9 Å². The number of ether oxygens (including phenoxy) is 2. The molecule has 1 aromatic heterocycles. The number of hydrogen-bond donors (Lipinski definition) is 0. The molecule has 188 valence electrons. The zero-order valence-corrected chi connectivity index (χ0v) is 22.7. The van der Waals surface area contributed by atoms with E-state index >= 15 is 0 Å². The number of hydrogen-bond acceptors (Lipinski definition) is 5. The van der Waals surface area contributed by atoms with Gasteiger partial charge in [0.25, 0.3) is 0 Å². The van der Waals surface area contributed by atoms with Crippen molar-refractivity contribution in [2.24, 2.45) is 0 Å². The molecule has 1 heterocycles. The van der Waals surface area contributed by atoms with Crippen LogP contribution in [-0.4, -0.2) is 24.0 Å². The van der Waals surface area contributed by atoms with Crippen molar-refractivity contribution in [3.63, 3.8) is 0 Å². The fraction of sp³-hybridized carbons (Fsp3) is 0.167. The van der Waals surface area contributed by atoms with Gasteiger partial charge in [-0.2, -0.15) is 0 Å². The summed E-state index contributed by atoms with van der Waals surface area (Å²) in [6.45, 7) is 1.39. The lowest BCUT2D eigenvalue weighted by Crippen LogP contribution is -2.13. The number of carbonyl (C=O) groups is 2. The molecule has 5 nitrogen and oxygen atoms in total. The lowest BCUT2D eigenvalue weighted by atomic mass is 9.96. The molecule has 0 bridgehead atoms.